The smallest absolute Gasteiger partial charge is 0.0649 e. The second kappa shape index (κ2) is 6.60. The molecule has 1 atom stereocenters. The first-order valence-corrected chi connectivity index (χ1v) is 3.63. The first-order valence-electron chi connectivity index (χ1n) is 3.63. The van der Waals surface area contributed by atoms with Crippen molar-refractivity contribution in [2.45, 2.75) is 31.8 Å². The van der Waals surface area contributed by atoms with Gasteiger partial charge in [0, 0.05) is 6.42 Å². The van der Waals surface area contributed by atoms with Crippen LogP contribution in [0, 0.1) is 12.3 Å². The van der Waals surface area contributed by atoms with Crippen molar-refractivity contribution in [2.75, 3.05) is 6.54 Å². The van der Waals surface area contributed by atoms with Crippen LogP contribution in [0.3, 0.4) is 0 Å². The minimum Gasteiger partial charge on any atom is -0.392 e. The fourth-order valence-electron chi connectivity index (χ4n) is 0.762. The summed E-state index contributed by atoms with van der Waals surface area (Å²) in [5.41, 5.74) is 5.27. The van der Waals surface area contributed by atoms with Gasteiger partial charge in [-0.2, -0.15) is 0 Å². The number of hydrogen-bond acceptors (Lipinski definition) is 2. The Morgan fingerprint density at radius 1 is 1.50 bits per heavy atom. The van der Waals surface area contributed by atoms with Crippen molar-refractivity contribution >= 4 is 0 Å². The Kier molecular flexibility index (Phi) is 6.25. The number of nitrogens with two attached hydrogens (primary N) is 1. The average molecular weight is 141 g/mol. The Bertz CT molecular complexity index is 106. The molecule has 0 aliphatic rings. The predicted octanol–water partition coefficient (Wildman–Crippen LogP) is 0.500. The SMILES string of the molecule is C#CCC(O)CCCCN. The molecule has 0 heterocycles. The first-order chi connectivity index (χ1) is 4.81. The van der Waals surface area contributed by atoms with Crippen molar-refractivity contribution in [2.24, 2.45) is 5.73 Å². The van der Waals surface area contributed by atoms with Gasteiger partial charge in [0.2, 0.25) is 0 Å². The summed E-state index contributed by atoms with van der Waals surface area (Å²) in [5.74, 6) is 2.41. The summed E-state index contributed by atoms with van der Waals surface area (Å²) in [6, 6.07) is 0. The van der Waals surface area contributed by atoms with Crippen LogP contribution in [0.1, 0.15) is 25.7 Å². The number of terminal acetylenes is 1. The monoisotopic (exact) mass is 141 g/mol. The molecule has 3 N–H and O–H groups in total. The molecule has 0 fully saturated rings. The third kappa shape index (κ3) is 5.61. The van der Waals surface area contributed by atoms with E-state index in [9.17, 15) is 0 Å². The number of aliphatic hydroxyl groups is 1. The van der Waals surface area contributed by atoms with Crippen LogP contribution in [0.25, 0.3) is 0 Å². The number of rotatable bonds is 5. The second-order valence-corrected chi connectivity index (χ2v) is 2.35. The van der Waals surface area contributed by atoms with E-state index in [2.05, 4.69) is 5.92 Å². The van der Waals surface area contributed by atoms with Gasteiger partial charge in [0.1, 0.15) is 0 Å². The lowest BCUT2D eigenvalue weighted by Crippen LogP contribution is -2.06. The van der Waals surface area contributed by atoms with Gasteiger partial charge in [0.05, 0.1) is 6.10 Å². The molecule has 10 heavy (non-hydrogen) atoms. The van der Waals surface area contributed by atoms with Crippen LogP contribution in [0.2, 0.25) is 0 Å². The molecular formula is C8H15NO. The standard InChI is InChI=1S/C8H15NO/c1-2-5-8(10)6-3-4-7-9/h1,8,10H,3-7,9H2. The van der Waals surface area contributed by atoms with E-state index in [4.69, 9.17) is 17.3 Å². The molecule has 0 radical (unpaired) electrons. The van der Waals surface area contributed by atoms with E-state index in [0.717, 1.165) is 19.3 Å². The van der Waals surface area contributed by atoms with Crippen molar-refractivity contribution in [1.29, 1.82) is 0 Å². The predicted molar refractivity (Wildman–Crippen MR) is 42.4 cm³/mol. The lowest BCUT2D eigenvalue weighted by atomic mass is 10.1. The van der Waals surface area contributed by atoms with Crippen molar-refractivity contribution in [3.8, 4) is 12.3 Å². The van der Waals surface area contributed by atoms with Crippen LogP contribution in [0.4, 0.5) is 0 Å². The van der Waals surface area contributed by atoms with Gasteiger partial charge in [-0.3, -0.25) is 0 Å². The zero-order chi connectivity index (χ0) is 7.82. The van der Waals surface area contributed by atoms with Crippen LogP contribution in [-0.2, 0) is 0 Å². The lowest BCUT2D eigenvalue weighted by Gasteiger charge is -2.04. The van der Waals surface area contributed by atoms with Crippen LogP contribution < -0.4 is 5.73 Å². The molecule has 0 aliphatic heterocycles. The van der Waals surface area contributed by atoms with E-state index in [1.54, 1.807) is 0 Å². The molecule has 0 aromatic heterocycles. The zero-order valence-electron chi connectivity index (χ0n) is 6.21. The number of aliphatic hydroxyl groups excluding tert-OH is 1. The molecule has 0 aromatic rings. The fourth-order valence-corrected chi connectivity index (χ4v) is 0.762. The van der Waals surface area contributed by atoms with Gasteiger partial charge in [-0.25, -0.2) is 0 Å². The largest absolute Gasteiger partial charge is 0.392 e. The molecule has 2 nitrogen and oxygen atoms in total. The van der Waals surface area contributed by atoms with Gasteiger partial charge in [0.25, 0.3) is 0 Å². The highest BCUT2D eigenvalue weighted by molar-refractivity contribution is 4.86. The van der Waals surface area contributed by atoms with Crippen LogP contribution in [-0.4, -0.2) is 17.8 Å². The minimum atomic E-state index is -0.323. The van der Waals surface area contributed by atoms with Crippen molar-refractivity contribution in [3.63, 3.8) is 0 Å². The van der Waals surface area contributed by atoms with Crippen molar-refractivity contribution in [1.82, 2.24) is 0 Å². The van der Waals surface area contributed by atoms with E-state index < -0.39 is 0 Å². The lowest BCUT2D eigenvalue weighted by molar-refractivity contribution is 0.166. The molecule has 0 bridgehead atoms. The number of hydrogen-bond donors (Lipinski definition) is 2. The highest BCUT2D eigenvalue weighted by Gasteiger charge is 1.99. The Hall–Kier alpha value is -0.520. The number of unbranched alkanes of at least 4 members (excludes halogenated alkanes) is 1. The van der Waals surface area contributed by atoms with E-state index in [1.165, 1.54) is 0 Å². The molecule has 0 aromatic carbocycles. The average Bonchev–Trinajstić information content (AvgIpc) is 1.89. The summed E-state index contributed by atoms with van der Waals surface area (Å²) in [5, 5.41) is 9.09. The van der Waals surface area contributed by atoms with Crippen molar-refractivity contribution < 1.29 is 5.11 Å². The van der Waals surface area contributed by atoms with Gasteiger partial charge in [0.15, 0.2) is 0 Å². The van der Waals surface area contributed by atoms with Crippen LogP contribution in [0.15, 0.2) is 0 Å². The summed E-state index contributed by atoms with van der Waals surface area (Å²) in [6.45, 7) is 0.697. The molecule has 2 heteroatoms. The molecule has 0 saturated carbocycles. The molecule has 0 rings (SSSR count). The summed E-state index contributed by atoms with van der Waals surface area (Å²) in [4.78, 5) is 0. The fraction of sp³-hybridized carbons (Fsp3) is 0.750. The maximum Gasteiger partial charge on any atom is 0.0649 e. The van der Waals surface area contributed by atoms with Crippen LogP contribution in [0.5, 0.6) is 0 Å². The molecule has 58 valence electrons. The van der Waals surface area contributed by atoms with E-state index in [1.807, 2.05) is 0 Å². The second-order valence-electron chi connectivity index (χ2n) is 2.35. The molecule has 0 spiro atoms. The zero-order valence-corrected chi connectivity index (χ0v) is 6.21. The summed E-state index contributed by atoms with van der Waals surface area (Å²) < 4.78 is 0. The summed E-state index contributed by atoms with van der Waals surface area (Å²) in [6.07, 6.45) is 7.86. The summed E-state index contributed by atoms with van der Waals surface area (Å²) >= 11 is 0. The Morgan fingerprint density at radius 3 is 2.70 bits per heavy atom. The molecule has 0 aliphatic carbocycles. The van der Waals surface area contributed by atoms with Gasteiger partial charge in [-0.05, 0) is 25.8 Å². The molecule has 0 saturated heterocycles. The Labute approximate surface area is 62.4 Å². The normalized spacial score (nSPS) is 12.5. The molecular weight excluding hydrogens is 126 g/mol. The molecule has 1 unspecified atom stereocenters. The van der Waals surface area contributed by atoms with Gasteiger partial charge in [-0.15, -0.1) is 12.3 Å². The maximum atomic E-state index is 9.09. The van der Waals surface area contributed by atoms with E-state index in [0.29, 0.717) is 13.0 Å². The van der Waals surface area contributed by atoms with Gasteiger partial charge >= 0.3 is 0 Å². The van der Waals surface area contributed by atoms with E-state index >= 15 is 0 Å². The highest BCUT2D eigenvalue weighted by atomic mass is 16.3. The minimum absolute atomic E-state index is 0.323. The summed E-state index contributed by atoms with van der Waals surface area (Å²) in [7, 11) is 0. The van der Waals surface area contributed by atoms with E-state index in [-0.39, 0.29) is 6.10 Å². The third-order valence-corrected chi connectivity index (χ3v) is 1.34. The maximum absolute atomic E-state index is 9.09. The van der Waals surface area contributed by atoms with Gasteiger partial charge in [-0.1, -0.05) is 0 Å². The first kappa shape index (κ1) is 9.48. The van der Waals surface area contributed by atoms with Gasteiger partial charge < -0.3 is 10.8 Å². The molecule has 0 amide bonds. The van der Waals surface area contributed by atoms with Crippen molar-refractivity contribution in [3.05, 3.63) is 0 Å². The highest BCUT2D eigenvalue weighted by Crippen LogP contribution is 2.02. The topological polar surface area (TPSA) is 46.2 Å². The Balaban J connectivity index is 3.06. The quantitative estimate of drug-likeness (QED) is 0.432. The third-order valence-electron chi connectivity index (χ3n) is 1.34. The van der Waals surface area contributed by atoms with Crippen LogP contribution >= 0.6 is 0 Å². The Morgan fingerprint density at radius 2 is 2.20 bits per heavy atom.